The van der Waals surface area contributed by atoms with Crippen molar-refractivity contribution in [1.82, 2.24) is 0 Å². The summed E-state index contributed by atoms with van der Waals surface area (Å²) in [5.74, 6) is 0.841. The van der Waals surface area contributed by atoms with Crippen molar-refractivity contribution < 1.29 is 9.52 Å². The van der Waals surface area contributed by atoms with Crippen LogP contribution in [-0.4, -0.2) is 11.2 Å². The molecule has 0 aliphatic heterocycles. The largest absolute Gasteiger partial charge is 0.464 e. The van der Waals surface area contributed by atoms with E-state index in [9.17, 15) is 5.11 Å². The molecule has 0 radical (unpaired) electrons. The molecule has 0 saturated carbocycles. The van der Waals surface area contributed by atoms with Gasteiger partial charge in [-0.3, -0.25) is 0 Å². The van der Waals surface area contributed by atoms with E-state index in [1.165, 1.54) is 5.56 Å². The van der Waals surface area contributed by atoms with Gasteiger partial charge in [-0.05, 0) is 36.1 Å². The minimum absolute atomic E-state index is 0.0409. The topological polar surface area (TPSA) is 33.4 Å². The molecule has 116 valence electrons. The lowest BCUT2D eigenvalue weighted by Gasteiger charge is -2.29. The summed E-state index contributed by atoms with van der Waals surface area (Å²) in [5.41, 5.74) is 4.53. The van der Waals surface area contributed by atoms with Crippen LogP contribution in [0, 0.1) is 0 Å². The fraction of sp³-hybridized carbons (Fsp3) is 0.200. The maximum absolute atomic E-state index is 10.7. The van der Waals surface area contributed by atoms with Crippen molar-refractivity contribution in [2.75, 3.05) is 0 Å². The highest BCUT2D eigenvalue weighted by atomic mass is 79.9. The molecular formula is C20H17BrO2. The molecule has 23 heavy (non-hydrogen) atoms. The van der Waals surface area contributed by atoms with Crippen molar-refractivity contribution in [3.8, 4) is 11.3 Å². The Morgan fingerprint density at radius 2 is 1.74 bits per heavy atom. The van der Waals surface area contributed by atoms with E-state index >= 15 is 0 Å². The van der Waals surface area contributed by atoms with E-state index in [0.717, 1.165) is 39.8 Å². The molecule has 0 spiro atoms. The predicted molar refractivity (Wildman–Crippen MR) is 94.5 cm³/mol. The predicted octanol–water partition coefficient (Wildman–Crippen LogP) is 5.15. The Morgan fingerprint density at radius 3 is 2.48 bits per heavy atom. The van der Waals surface area contributed by atoms with Gasteiger partial charge >= 0.3 is 0 Å². The molecular weight excluding hydrogens is 352 g/mol. The van der Waals surface area contributed by atoms with E-state index in [4.69, 9.17) is 4.42 Å². The van der Waals surface area contributed by atoms with Crippen molar-refractivity contribution in [1.29, 1.82) is 0 Å². The number of halogens is 1. The lowest BCUT2D eigenvalue weighted by atomic mass is 9.77. The lowest BCUT2D eigenvalue weighted by Crippen LogP contribution is -2.25. The highest BCUT2D eigenvalue weighted by Crippen LogP contribution is 2.43. The lowest BCUT2D eigenvalue weighted by molar-refractivity contribution is 0.140. The summed E-state index contributed by atoms with van der Waals surface area (Å²) >= 11 is 3.48. The van der Waals surface area contributed by atoms with Gasteiger partial charge in [0.25, 0.3) is 0 Å². The average molecular weight is 369 g/mol. The first-order valence-corrected chi connectivity index (χ1v) is 8.62. The van der Waals surface area contributed by atoms with Gasteiger partial charge in [0.05, 0.1) is 12.4 Å². The van der Waals surface area contributed by atoms with Crippen LogP contribution in [0.4, 0.5) is 0 Å². The summed E-state index contributed by atoms with van der Waals surface area (Å²) in [6.45, 7) is 0. The molecule has 3 aromatic rings. The van der Waals surface area contributed by atoms with E-state index < -0.39 is 0 Å². The van der Waals surface area contributed by atoms with Gasteiger partial charge in [-0.15, -0.1) is 0 Å². The SMILES string of the molecule is O[C@@H]1CCc2coc(-c3ccccc3)c2[C@H]1c1ccc(Br)cc1. The molecule has 1 N–H and O–H groups in total. The number of furan rings is 1. The fourth-order valence-corrected chi connectivity index (χ4v) is 3.74. The van der Waals surface area contributed by atoms with Gasteiger partial charge in [-0.2, -0.15) is 0 Å². The van der Waals surface area contributed by atoms with Gasteiger partial charge in [-0.25, -0.2) is 0 Å². The second-order valence-electron chi connectivity index (χ2n) is 6.01. The molecule has 1 aliphatic rings. The maximum atomic E-state index is 10.7. The Balaban J connectivity index is 1.87. The minimum atomic E-state index is -0.385. The fourth-order valence-electron chi connectivity index (χ4n) is 3.47. The third kappa shape index (κ3) is 2.64. The first-order chi connectivity index (χ1) is 11.2. The Bertz CT molecular complexity index is 805. The molecule has 0 saturated heterocycles. The minimum Gasteiger partial charge on any atom is -0.464 e. The van der Waals surface area contributed by atoms with Gasteiger partial charge in [0, 0.05) is 21.5 Å². The van der Waals surface area contributed by atoms with Gasteiger partial charge in [0.15, 0.2) is 0 Å². The number of aryl methyl sites for hydroxylation is 1. The highest BCUT2D eigenvalue weighted by Gasteiger charge is 2.34. The summed E-state index contributed by atoms with van der Waals surface area (Å²) in [4.78, 5) is 0. The van der Waals surface area contributed by atoms with Crippen molar-refractivity contribution in [3.63, 3.8) is 0 Å². The van der Waals surface area contributed by atoms with E-state index in [-0.39, 0.29) is 12.0 Å². The standard InChI is InChI=1S/C20H17BrO2/c21-16-9-6-13(7-10-16)18-17(22)11-8-15-12-23-20(19(15)18)14-4-2-1-3-5-14/h1-7,9-10,12,17-18,22H,8,11H2/t17-,18+/m1/s1. The Labute approximate surface area is 143 Å². The highest BCUT2D eigenvalue weighted by molar-refractivity contribution is 9.10. The molecule has 0 unspecified atom stereocenters. The zero-order chi connectivity index (χ0) is 15.8. The van der Waals surface area contributed by atoms with E-state index in [1.54, 1.807) is 0 Å². The molecule has 2 atom stereocenters. The van der Waals surface area contributed by atoms with Crippen molar-refractivity contribution >= 4 is 15.9 Å². The zero-order valence-electron chi connectivity index (χ0n) is 12.6. The third-order valence-electron chi connectivity index (χ3n) is 4.58. The van der Waals surface area contributed by atoms with Crippen LogP contribution in [0.1, 0.15) is 29.0 Å². The van der Waals surface area contributed by atoms with Crippen LogP contribution in [0.5, 0.6) is 0 Å². The normalized spacial score (nSPS) is 20.3. The Morgan fingerprint density at radius 1 is 1.00 bits per heavy atom. The summed E-state index contributed by atoms with van der Waals surface area (Å²) < 4.78 is 6.95. The van der Waals surface area contributed by atoms with Crippen LogP contribution in [0.25, 0.3) is 11.3 Å². The smallest absolute Gasteiger partial charge is 0.138 e. The number of aliphatic hydroxyl groups is 1. The number of fused-ring (bicyclic) bond motifs is 1. The number of hydrogen-bond acceptors (Lipinski definition) is 2. The van der Waals surface area contributed by atoms with Gasteiger partial charge in [0.2, 0.25) is 0 Å². The van der Waals surface area contributed by atoms with Crippen LogP contribution in [0.15, 0.2) is 69.8 Å². The zero-order valence-corrected chi connectivity index (χ0v) is 14.2. The number of hydrogen-bond donors (Lipinski definition) is 1. The number of benzene rings is 2. The summed E-state index contributed by atoms with van der Waals surface area (Å²) in [7, 11) is 0. The summed E-state index contributed by atoms with van der Waals surface area (Å²) in [6, 6.07) is 18.3. The summed E-state index contributed by atoms with van der Waals surface area (Å²) in [6.07, 6.45) is 3.10. The molecule has 0 amide bonds. The van der Waals surface area contributed by atoms with Crippen LogP contribution in [-0.2, 0) is 6.42 Å². The molecule has 1 aromatic heterocycles. The van der Waals surface area contributed by atoms with Crippen LogP contribution in [0.2, 0.25) is 0 Å². The number of aliphatic hydroxyl groups excluding tert-OH is 1. The maximum Gasteiger partial charge on any atom is 0.138 e. The third-order valence-corrected chi connectivity index (χ3v) is 5.11. The van der Waals surface area contributed by atoms with Crippen LogP contribution < -0.4 is 0 Å². The quantitative estimate of drug-likeness (QED) is 0.678. The second kappa shape index (κ2) is 5.99. The Hall–Kier alpha value is -1.84. The molecule has 0 bridgehead atoms. The molecule has 1 heterocycles. The number of rotatable bonds is 2. The molecule has 1 aliphatic carbocycles. The van der Waals surface area contributed by atoms with Crippen LogP contribution in [0.3, 0.4) is 0 Å². The monoisotopic (exact) mass is 368 g/mol. The molecule has 3 heteroatoms. The molecule has 4 rings (SSSR count). The van der Waals surface area contributed by atoms with Crippen LogP contribution >= 0.6 is 15.9 Å². The van der Waals surface area contributed by atoms with E-state index in [0.29, 0.717) is 0 Å². The van der Waals surface area contributed by atoms with E-state index in [2.05, 4.69) is 40.2 Å². The molecule has 2 aromatic carbocycles. The second-order valence-corrected chi connectivity index (χ2v) is 6.92. The van der Waals surface area contributed by atoms with Gasteiger partial charge in [-0.1, -0.05) is 58.4 Å². The average Bonchev–Trinajstić information content (AvgIpc) is 3.01. The van der Waals surface area contributed by atoms with Gasteiger partial charge in [0.1, 0.15) is 5.76 Å². The molecule has 2 nitrogen and oxygen atoms in total. The summed E-state index contributed by atoms with van der Waals surface area (Å²) in [5, 5.41) is 10.7. The van der Waals surface area contributed by atoms with Crippen molar-refractivity contribution in [3.05, 3.63) is 82.0 Å². The first kappa shape index (κ1) is 14.7. The first-order valence-electron chi connectivity index (χ1n) is 7.83. The molecule has 0 fully saturated rings. The van der Waals surface area contributed by atoms with Crippen molar-refractivity contribution in [2.24, 2.45) is 0 Å². The van der Waals surface area contributed by atoms with E-state index in [1.807, 2.05) is 36.6 Å². The van der Waals surface area contributed by atoms with Crippen molar-refractivity contribution in [2.45, 2.75) is 24.9 Å². The van der Waals surface area contributed by atoms with Gasteiger partial charge < -0.3 is 9.52 Å². The Kier molecular flexibility index (Phi) is 3.83.